The topological polar surface area (TPSA) is 38.8 Å². The van der Waals surface area contributed by atoms with Gasteiger partial charge in [0.25, 0.3) is 5.91 Å². The van der Waals surface area contributed by atoms with Crippen molar-refractivity contribution in [2.75, 3.05) is 7.11 Å². The first kappa shape index (κ1) is 18.6. The molecular formula is C23H20BrNO3. The van der Waals surface area contributed by atoms with Crippen molar-refractivity contribution in [1.82, 2.24) is 4.90 Å². The predicted octanol–water partition coefficient (Wildman–Crippen LogP) is 4.99. The number of para-hydroxylation sites is 1. The minimum Gasteiger partial charge on any atom is -0.497 e. The molecule has 0 unspecified atom stereocenters. The summed E-state index contributed by atoms with van der Waals surface area (Å²) in [4.78, 5) is 14.8. The van der Waals surface area contributed by atoms with Crippen molar-refractivity contribution in [2.45, 2.75) is 18.7 Å². The van der Waals surface area contributed by atoms with E-state index in [9.17, 15) is 4.79 Å². The first-order valence-electron chi connectivity index (χ1n) is 9.07. The lowest BCUT2D eigenvalue weighted by molar-refractivity contribution is -0.165. The van der Waals surface area contributed by atoms with Gasteiger partial charge in [-0.1, -0.05) is 54.6 Å². The van der Waals surface area contributed by atoms with Crippen LogP contribution in [0.4, 0.5) is 0 Å². The zero-order valence-electron chi connectivity index (χ0n) is 15.4. The fourth-order valence-electron chi connectivity index (χ4n) is 3.42. The Kier molecular flexibility index (Phi) is 5.35. The lowest BCUT2D eigenvalue weighted by Crippen LogP contribution is -2.60. The average molecular weight is 438 g/mol. The third-order valence-corrected chi connectivity index (χ3v) is 5.55. The van der Waals surface area contributed by atoms with Gasteiger partial charge in [0.2, 0.25) is 6.10 Å². The molecule has 1 heterocycles. The molecule has 1 amide bonds. The largest absolute Gasteiger partial charge is 0.497 e. The van der Waals surface area contributed by atoms with E-state index in [2.05, 4.69) is 15.9 Å². The zero-order valence-corrected chi connectivity index (χ0v) is 17.0. The number of hydrogen-bond donors (Lipinski definition) is 0. The molecule has 28 heavy (non-hydrogen) atoms. The Bertz CT molecular complexity index is 959. The molecule has 3 aromatic carbocycles. The Morgan fingerprint density at radius 3 is 2.29 bits per heavy atom. The van der Waals surface area contributed by atoms with Crippen LogP contribution in [0.25, 0.3) is 0 Å². The van der Waals surface area contributed by atoms with Gasteiger partial charge in [-0.25, -0.2) is 0 Å². The van der Waals surface area contributed by atoms with Gasteiger partial charge in [-0.3, -0.25) is 4.79 Å². The number of methoxy groups -OCH3 is 1. The lowest BCUT2D eigenvalue weighted by atomic mass is 9.89. The van der Waals surface area contributed by atoms with E-state index in [1.807, 2.05) is 83.8 Å². The van der Waals surface area contributed by atoms with Gasteiger partial charge in [-0.05, 0) is 51.3 Å². The van der Waals surface area contributed by atoms with Crippen LogP contribution in [-0.4, -0.2) is 24.0 Å². The van der Waals surface area contributed by atoms with Gasteiger partial charge in [0.15, 0.2) is 0 Å². The highest BCUT2D eigenvalue weighted by Gasteiger charge is 2.50. The molecule has 0 bridgehead atoms. The molecule has 0 spiro atoms. The monoisotopic (exact) mass is 437 g/mol. The maximum atomic E-state index is 12.9. The van der Waals surface area contributed by atoms with E-state index in [1.54, 1.807) is 7.11 Å². The van der Waals surface area contributed by atoms with Crippen molar-refractivity contribution in [3.63, 3.8) is 0 Å². The SMILES string of the molecule is COc1ccc([C@H]2[C@@H](Oc3ccccc3Br)C(=O)N2Cc2ccccc2)cc1. The van der Waals surface area contributed by atoms with Crippen LogP contribution >= 0.6 is 15.9 Å². The molecule has 1 aliphatic rings. The van der Waals surface area contributed by atoms with Crippen LogP contribution in [0, 0.1) is 0 Å². The van der Waals surface area contributed by atoms with Crippen molar-refractivity contribution in [3.05, 3.63) is 94.5 Å². The van der Waals surface area contributed by atoms with E-state index < -0.39 is 6.10 Å². The standard InChI is InChI=1S/C23H20BrNO3/c1-27-18-13-11-17(12-14-18)21-22(28-20-10-6-5-9-19(20)24)23(26)25(21)15-16-7-3-2-4-8-16/h2-14,21-22H,15H2,1H3/t21-,22+/m0/s1. The quantitative estimate of drug-likeness (QED) is 0.509. The maximum absolute atomic E-state index is 12.9. The highest BCUT2D eigenvalue weighted by atomic mass is 79.9. The second kappa shape index (κ2) is 8.07. The van der Waals surface area contributed by atoms with E-state index in [-0.39, 0.29) is 11.9 Å². The van der Waals surface area contributed by atoms with E-state index >= 15 is 0 Å². The van der Waals surface area contributed by atoms with Crippen LogP contribution in [-0.2, 0) is 11.3 Å². The van der Waals surface area contributed by atoms with Crippen LogP contribution in [0.15, 0.2) is 83.3 Å². The number of ether oxygens (including phenoxy) is 2. The normalized spacial score (nSPS) is 18.5. The molecule has 0 aromatic heterocycles. The number of amides is 1. The second-order valence-corrected chi connectivity index (χ2v) is 7.49. The summed E-state index contributed by atoms with van der Waals surface area (Å²) in [5.74, 6) is 1.44. The number of halogens is 1. The summed E-state index contributed by atoms with van der Waals surface area (Å²) in [6.45, 7) is 0.548. The Labute approximate surface area is 172 Å². The molecular weight excluding hydrogens is 418 g/mol. The molecule has 5 heteroatoms. The van der Waals surface area contributed by atoms with Gasteiger partial charge in [-0.2, -0.15) is 0 Å². The Balaban J connectivity index is 1.62. The van der Waals surface area contributed by atoms with Gasteiger partial charge in [-0.15, -0.1) is 0 Å². The van der Waals surface area contributed by atoms with Crippen LogP contribution in [0.1, 0.15) is 17.2 Å². The third-order valence-electron chi connectivity index (χ3n) is 4.89. The highest BCUT2D eigenvalue weighted by molar-refractivity contribution is 9.10. The molecule has 0 aliphatic carbocycles. The highest BCUT2D eigenvalue weighted by Crippen LogP contribution is 2.40. The molecule has 142 valence electrons. The van der Waals surface area contributed by atoms with Gasteiger partial charge < -0.3 is 14.4 Å². The number of benzene rings is 3. The average Bonchev–Trinajstić information content (AvgIpc) is 2.74. The fraction of sp³-hybridized carbons (Fsp3) is 0.174. The first-order chi connectivity index (χ1) is 13.7. The predicted molar refractivity (Wildman–Crippen MR) is 111 cm³/mol. The number of likely N-dealkylation sites (tertiary alicyclic amines) is 1. The van der Waals surface area contributed by atoms with Crippen LogP contribution < -0.4 is 9.47 Å². The van der Waals surface area contributed by atoms with Gasteiger partial charge >= 0.3 is 0 Å². The van der Waals surface area contributed by atoms with E-state index in [1.165, 1.54) is 0 Å². The summed E-state index contributed by atoms with van der Waals surface area (Å²) in [5.41, 5.74) is 2.11. The number of β-lactam (4-membered cyclic amide) rings is 1. The maximum Gasteiger partial charge on any atom is 0.267 e. The number of nitrogens with zero attached hydrogens (tertiary/aromatic N) is 1. The van der Waals surface area contributed by atoms with Crippen molar-refractivity contribution < 1.29 is 14.3 Å². The summed E-state index contributed by atoms with van der Waals surface area (Å²) >= 11 is 3.50. The summed E-state index contributed by atoms with van der Waals surface area (Å²) in [6, 6.07) is 25.2. The van der Waals surface area contributed by atoms with Crippen molar-refractivity contribution in [1.29, 1.82) is 0 Å². The number of rotatable bonds is 6. The van der Waals surface area contributed by atoms with Crippen molar-refractivity contribution in [2.24, 2.45) is 0 Å². The van der Waals surface area contributed by atoms with Crippen LogP contribution in [0.2, 0.25) is 0 Å². The molecule has 0 radical (unpaired) electrons. The molecule has 1 aliphatic heterocycles. The zero-order chi connectivity index (χ0) is 19.5. The molecule has 3 aromatic rings. The summed E-state index contributed by atoms with van der Waals surface area (Å²) in [7, 11) is 1.64. The van der Waals surface area contributed by atoms with Crippen molar-refractivity contribution in [3.8, 4) is 11.5 Å². The Hall–Kier alpha value is -2.79. The van der Waals surface area contributed by atoms with Crippen LogP contribution in [0.3, 0.4) is 0 Å². The lowest BCUT2D eigenvalue weighted by Gasteiger charge is -2.47. The molecule has 1 fully saturated rings. The van der Waals surface area contributed by atoms with E-state index in [4.69, 9.17) is 9.47 Å². The Morgan fingerprint density at radius 2 is 1.61 bits per heavy atom. The van der Waals surface area contributed by atoms with E-state index in [0.717, 1.165) is 21.3 Å². The summed E-state index contributed by atoms with van der Waals surface area (Å²) in [6.07, 6.45) is -0.559. The van der Waals surface area contributed by atoms with Gasteiger partial charge in [0, 0.05) is 6.54 Å². The molecule has 4 rings (SSSR count). The van der Waals surface area contributed by atoms with Gasteiger partial charge in [0.1, 0.15) is 17.5 Å². The third kappa shape index (κ3) is 3.62. The van der Waals surface area contributed by atoms with Crippen LogP contribution in [0.5, 0.6) is 11.5 Å². The first-order valence-corrected chi connectivity index (χ1v) is 9.86. The smallest absolute Gasteiger partial charge is 0.267 e. The molecule has 4 nitrogen and oxygen atoms in total. The molecule has 0 saturated carbocycles. The molecule has 0 N–H and O–H groups in total. The Morgan fingerprint density at radius 1 is 0.929 bits per heavy atom. The second-order valence-electron chi connectivity index (χ2n) is 6.64. The molecule has 1 saturated heterocycles. The number of carbonyl (C=O) groups is 1. The van der Waals surface area contributed by atoms with E-state index in [0.29, 0.717) is 12.3 Å². The number of hydrogen-bond acceptors (Lipinski definition) is 3. The molecule has 2 atom stereocenters. The summed E-state index contributed by atoms with van der Waals surface area (Å²) in [5, 5.41) is 0. The van der Waals surface area contributed by atoms with Gasteiger partial charge in [0.05, 0.1) is 11.6 Å². The minimum absolute atomic E-state index is 0.0135. The minimum atomic E-state index is -0.559. The summed E-state index contributed by atoms with van der Waals surface area (Å²) < 4.78 is 12.2. The fourth-order valence-corrected chi connectivity index (χ4v) is 3.80. The number of carbonyl (C=O) groups excluding carboxylic acids is 1. The van der Waals surface area contributed by atoms with Crippen molar-refractivity contribution >= 4 is 21.8 Å².